The zero-order chi connectivity index (χ0) is 59.0. The first-order valence-electron chi connectivity index (χ1n) is 30.8. The van der Waals surface area contributed by atoms with E-state index in [1.54, 1.807) is 0 Å². The molecule has 0 aliphatic carbocycles. The molecule has 0 amide bonds. The molecule has 0 unspecified atom stereocenters. The number of benzene rings is 14. The van der Waals surface area contributed by atoms with E-state index < -0.39 is 0 Å². The molecule has 0 saturated heterocycles. The van der Waals surface area contributed by atoms with Crippen molar-refractivity contribution in [2.24, 2.45) is 0 Å². The van der Waals surface area contributed by atoms with Crippen molar-refractivity contribution in [3.63, 3.8) is 0 Å². The Balaban J connectivity index is 0.676. The fraction of sp³-hybridized carbons (Fsp3) is 0. The summed E-state index contributed by atoms with van der Waals surface area (Å²) in [6, 6.07) is 115. The van der Waals surface area contributed by atoms with Gasteiger partial charge >= 0.3 is 0 Å². The number of nitrogens with zero attached hydrogens (tertiary/aromatic N) is 6. The van der Waals surface area contributed by atoms with E-state index in [-0.39, 0.29) is 0 Å². The number of para-hydroxylation sites is 6. The summed E-state index contributed by atoms with van der Waals surface area (Å²) in [4.78, 5) is 11.0. The van der Waals surface area contributed by atoms with E-state index in [9.17, 15) is 0 Å². The molecule has 0 radical (unpaired) electrons. The van der Waals surface area contributed by atoms with Gasteiger partial charge in [0.1, 0.15) is 5.82 Å². The average molecular weight is 1150 g/mol. The minimum absolute atomic E-state index is 0.673. The molecule has 0 aliphatic heterocycles. The Kier molecular flexibility index (Phi) is 11.0. The van der Waals surface area contributed by atoms with Crippen LogP contribution in [0.5, 0.6) is 0 Å². The van der Waals surface area contributed by atoms with E-state index in [1.165, 1.54) is 92.9 Å². The molecular formula is C84H52N6. The van der Waals surface area contributed by atoms with Gasteiger partial charge in [0.2, 0.25) is 0 Å². The summed E-state index contributed by atoms with van der Waals surface area (Å²) in [5.41, 5.74) is 21.6. The lowest BCUT2D eigenvalue weighted by molar-refractivity contribution is 1.08. The van der Waals surface area contributed by atoms with Gasteiger partial charge < -0.3 is 13.7 Å². The molecule has 90 heavy (non-hydrogen) atoms. The Labute approximate surface area is 517 Å². The molecule has 19 aromatic rings. The van der Waals surface area contributed by atoms with Gasteiger partial charge in [-0.2, -0.15) is 0 Å². The molecule has 418 valence electrons. The van der Waals surface area contributed by atoms with Gasteiger partial charge in [-0.1, -0.05) is 200 Å². The van der Waals surface area contributed by atoms with Crippen molar-refractivity contribution in [3.8, 4) is 67.6 Å². The fourth-order valence-corrected chi connectivity index (χ4v) is 14.6. The van der Waals surface area contributed by atoms with Crippen LogP contribution in [0.25, 0.3) is 177 Å². The van der Waals surface area contributed by atoms with Crippen LogP contribution in [-0.2, 0) is 0 Å². The van der Waals surface area contributed by atoms with Gasteiger partial charge in [0.25, 0.3) is 0 Å². The summed E-state index contributed by atoms with van der Waals surface area (Å²) in [5, 5.41) is 13.0. The zero-order valence-corrected chi connectivity index (χ0v) is 48.7. The average Bonchev–Trinajstić information content (AvgIpc) is 1.90. The molecule has 5 heterocycles. The third kappa shape index (κ3) is 7.65. The first-order chi connectivity index (χ1) is 44.6. The third-order valence-electron chi connectivity index (χ3n) is 18.8. The molecule has 0 N–H and O–H groups in total. The Bertz CT molecular complexity index is 6120. The van der Waals surface area contributed by atoms with E-state index in [1.807, 2.05) is 0 Å². The molecule has 0 aliphatic rings. The van der Waals surface area contributed by atoms with Gasteiger partial charge in [-0.3, -0.25) is 4.57 Å². The largest absolute Gasteiger partial charge is 0.309 e. The van der Waals surface area contributed by atoms with Gasteiger partial charge in [0.05, 0.1) is 49.7 Å². The first-order valence-corrected chi connectivity index (χ1v) is 30.8. The normalized spacial score (nSPS) is 12.0. The van der Waals surface area contributed by atoms with Gasteiger partial charge in [0.15, 0.2) is 5.82 Å². The summed E-state index contributed by atoms with van der Waals surface area (Å²) >= 11 is 0. The molecule has 14 aromatic carbocycles. The predicted octanol–water partition coefficient (Wildman–Crippen LogP) is 21.8. The van der Waals surface area contributed by atoms with Crippen LogP contribution in [0.1, 0.15) is 0 Å². The van der Waals surface area contributed by atoms with E-state index >= 15 is 0 Å². The highest BCUT2D eigenvalue weighted by Gasteiger charge is 2.22. The lowest BCUT2D eigenvalue weighted by Gasteiger charge is -2.14. The Hall–Kier alpha value is -12.1. The van der Waals surface area contributed by atoms with Crippen LogP contribution in [0.2, 0.25) is 0 Å². The quantitative estimate of drug-likeness (QED) is 0.142. The lowest BCUT2D eigenvalue weighted by atomic mass is 10.0. The van der Waals surface area contributed by atoms with Crippen LogP contribution < -0.4 is 0 Å². The maximum Gasteiger partial charge on any atom is 0.162 e. The molecule has 0 bridgehead atoms. The standard InChI is InChI=1S/C84H52N6/c1-3-18-61(19-4-1)87-74-27-13-9-23-65(74)70-49-57(38-45-78(70)87)58-40-47-80-72(51-58)67-25-11-15-29-76(67)89(80)63-42-35-54(36-43-63)53-31-33-56(34-32-53)83-85-82-64-22-8-7-17-55(64)37-44-69(82)84(86-83)90-77-30-16-12-26-68(77)73-52-60(41-48-81(73)90)59-39-46-79-71(50-59)66-24-10-14-28-75(66)88(79)62-20-5-2-6-21-62/h1-52H. The van der Waals surface area contributed by atoms with Crippen molar-refractivity contribution >= 4 is 109 Å². The Morgan fingerprint density at radius 1 is 0.189 bits per heavy atom. The summed E-state index contributed by atoms with van der Waals surface area (Å²) in [5.74, 6) is 1.52. The van der Waals surface area contributed by atoms with Crippen LogP contribution in [0.3, 0.4) is 0 Å². The molecule has 0 spiro atoms. The molecule has 6 heteroatoms. The molecule has 5 aromatic heterocycles. The highest BCUT2D eigenvalue weighted by Crippen LogP contribution is 2.43. The minimum atomic E-state index is 0.673. The van der Waals surface area contributed by atoms with Crippen molar-refractivity contribution in [3.05, 3.63) is 315 Å². The topological polar surface area (TPSA) is 45.5 Å². The molecular weight excluding hydrogens is 1090 g/mol. The molecule has 0 fully saturated rings. The fourth-order valence-electron chi connectivity index (χ4n) is 14.6. The van der Waals surface area contributed by atoms with Crippen molar-refractivity contribution < 1.29 is 0 Å². The number of rotatable bonds is 8. The number of aromatic nitrogens is 6. The molecule has 19 rings (SSSR count). The third-order valence-corrected chi connectivity index (χ3v) is 18.8. The zero-order valence-electron chi connectivity index (χ0n) is 48.7. The van der Waals surface area contributed by atoms with Crippen LogP contribution in [0, 0.1) is 0 Å². The SMILES string of the molecule is c1ccc(-n2c3ccccc3c3cc(-c4ccc5c(c4)c4ccccc4n5-c4ccc(-c5ccc(-c6nc(-n7c8ccccc8c8cc(-c9ccc%10c(c9)c9ccccc9n%10-c9ccccc9)ccc87)c7ccc8ccccc8c7n6)cc5)cc4)ccc32)cc1. The van der Waals surface area contributed by atoms with E-state index in [4.69, 9.17) is 9.97 Å². The molecule has 0 saturated carbocycles. The number of fused-ring (bicyclic) bond motifs is 15. The summed E-state index contributed by atoms with van der Waals surface area (Å²) in [6.07, 6.45) is 0. The van der Waals surface area contributed by atoms with Crippen LogP contribution in [0.15, 0.2) is 315 Å². The van der Waals surface area contributed by atoms with Gasteiger partial charge in [-0.25, -0.2) is 9.97 Å². The van der Waals surface area contributed by atoms with Crippen molar-refractivity contribution in [2.75, 3.05) is 0 Å². The summed E-state index contributed by atoms with van der Waals surface area (Å²) in [6.45, 7) is 0. The second-order valence-electron chi connectivity index (χ2n) is 23.7. The van der Waals surface area contributed by atoms with Crippen LogP contribution in [-0.4, -0.2) is 28.2 Å². The predicted molar refractivity (Wildman–Crippen MR) is 376 cm³/mol. The van der Waals surface area contributed by atoms with Gasteiger partial charge in [-0.15, -0.1) is 0 Å². The van der Waals surface area contributed by atoms with E-state index in [0.717, 1.165) is 77.8 Å². The molecule has 0 atom stereocenters. The Morgan fingerprint density at radius 2 is 0.511 bits per heavy atom. The molecule has 6 nitrogen and oxygen atoms in total. The smallest absolute Gasteiger partial charge is 0.162 e. The minimum Gasteiger partial charge on any atom is -0.309 e. The van der Waals surface area contributed by atoms with Crippen molar-refractivity contribution in [1.29, 1.82) is 0 Å². The number of hydrogen-bond acceptors (Lipinski definition) is 2. The van der Waals surface area contributed by atoms with Crippen LogP contribution in [0.4, 0.5) is 0 Å². The van der Waals surface area contributed by atoms with E-state index in [0.29, 0.717) is 5.82 Å². The number of hydrogen-bond donors (Lipinski definition) is 0. The monoisotopic (exact) mass is 1140 g/mol. The van der Waals surface area contributed by atoms with Crippen molar-refractivity contribution in [2.45, 2.75) is 0 Å². The maximum absolute atomic E-state index is 5.59. The van der Waals surface area contributed by atoms with Gasteiger partial charge in [0, 0.05) is 76.5 Å². The first kappa shape index (κ1) is 50.1. The summed E-state index contributed by atoms with van der Waals surface area (Å²) < 4.78 is 9.50. The highest BCUT2D eigenvalue weighted by molar-refractivity contribution is 6.16. The lowest BCUT2D eigenvalue weighted by Crippen LogP contribution is -2.03. The summed E-state index contributed by atoms with van der Waals surface area (Å²) in [7, 11) is 0. The van der Waals surface area contributed by atoms with E-state index in [2.05, 4.69) is 334 Å². The van der Waals surface area contributed by atoms with Gasteiger partial charge in [-0.05, 0) is 154 Å². The van der Waals surface area contributed by atoms with Crippen molar-refractivity contribution in [1.82, 2.24) is 28.2 Å². The second kappa shape index (κ2) is 19.7. The maximum atomic E-state index is 5.59. The Morgan fingerprint density at radius 3 is 0.956 bits per heavy atom. The van der Waals surface area contributed by atoms with Crippen LogP contribution >= 0.6 is 0 Å². The second-order valence-corrected chi connectivity index (χ2v) is 23.7. The highest BCUT2D eigenvalue weighted by atomic mass is 15.1.